The summed E-state index contributed by atoms with van der Waals surface area (Å²) >= 11 is 12.0. The zero-order valence-electron chi connectivity index (χ0n) is 21.5. The molecule has 2 aromatic carbocycles. The highest BCUT2D eigenvalue weighted by atomic mass is 35.5. The van der Waals surface area contributed by atoms with Crippen LogP contribution in [-0.2, 0) is 19.5 Å². The van der Waals surface area contributed by atoms with E-state index in [9.17, 15) is 5.11 Å². The van der Waals surface area contributed by atoms with Crippen LogP contribution < -0.4 is 14.2 Å². The Morgan fingerprint density at radius 2 is 1.84 bits per heavy atom. The second-order valence-corrected chi connectivity index (χ2v) is 10.3. The van der Waals surface area contributed by atoms with Crippen LogP contribution in [0, 0.1) is 0 Å². The second kappa shape index (κ2) is 12.9. The summed E-state index contributed by atoms with van der Waals surface area (Å²) in [7, 11) is 1.67. The smallest absolute Gasteiger partial charge is 0.161 e. The molecule has 1 saturated heterocycles. The highest BCUT2D eigenvalue weighted by Gasteiger charge is 2.33. The fourth-order valence-electron chi connectivity index (χ4n) is 4.52. The molecule has 0 radical (unpaired) electrons. The van der Waals surface area contributed by atoms with Gasteiger partial charge in [0.25, 0.3) is 0 Å². The summed E-state index contributed by atoms with van der Waals surface area (Å²) in [5.41, 5.74) is 0.278. The molecule has 3 aromatic rings. The van der Waals surface area contributed by atoms with E-state index in [1.54, 1.807) is 25.3 Å². The van der Waals surface area contributed by atoms with Gasteiger partial charge in [-0.15, -0.1) is 0 Å². The van der Waals surface area contributed by atoms with E-state index in [0.29, 0.717) is 35.2 Å². The molecule has 0 unspecified atom stereocenters. The van der Waals surface area contributed by atoms with Crippen LogP contribution in [0.1, 0.15) is 37.6 Å². The largest absolute Gasteiger partial charge is 0.493 e. The van der Waals surface area contributed by atoms with Crippen LogP contribution in [0.2, 0.25) is 10.0 Å². The van der Waals surface area contributed by atoms with E-state index in [-0.39, 0.29) is 6.61 Å². The zero-order chi connectivity index (χ0) is 26.3. The molecule has 1 aliphatic heterocycles. The molecule has 0 bridgehead atoms. The second-order valence-electron chi connectivity index (χ2n) is 9.44. The number of benzene rings is 2. The van der Waals surface area contributed by atoms with Crippen molar-refractivity contribution < 1.29 is 19.3 Å². The summed E-state index contributed by atoms with van der Waals surface area (Å²) in [6.07, 6.45) is 6.92. The number of halogens is 2. The number of hydrogen-bond donors (Lipinski definition) is 1. The number of aliphatic hydroxyl groups is 1. The van der Waals surface area contributed by atoms with Crippen LogP contribution in [0.3, 0.4) is 0 Å². The molecule has 200 valence electrons. The van der Waals surface area contributed by atoms with E-state index in [4.69, 9.17) is 37.4 Å². The Kier molecular flexibility index (Phi) is 9.60. The molecule has 0 aliphatic carbocycles. The van der Waals surface area contributed by atoms with Crippen molar-refractivity contribution >= 4 is 23.2 Å². The standard InChI is InChI=1S/C28H35Cl2N3O4/c1-3-27-31-11-15-33(27)12-4-16-36-25-8-5-21(17-26(25)35-2)19-32-13-9-28(34,10-14-32)20-37-22-6-7-23(29)24(30)18-22/h5-8,11,15,17-18,34H,3-4,9-10,12-14,16,19-20H2,1-2H3. The summed E-state index contributed by atoms with van der Waals surface area (Å²) in [5, 5.41) is 11.9. The minimum atomic E-state index is -0.868. The highest BCUT2D eigenvalue weighted by Crippen LogP contribution is 2.31. The van der Waals surface area contributed by atoms with E-state index in [2.05, 4.69) is 27.4 Å². The molecule has 1 aromatic heterocycles. The summed E-state index contributed by atoms with van der Waals surface area (Å²) in [6, 6.07) is 11.2. The average Bonchev–Trinajstić information content (AvgIpc) is 3.37. The Morgan fingerprint density at radius 3 is 2.57 bits per heavy atom. The van der Waals surface area contributed by atoms with E-state index >= 15 is 0 Å². The van der Waals surface area contributed by atoms with Crippen LogP contribution >= 0.6 is 23.2 Å². The molecule has 1 aliphatic rings. The van der Waals surface area contributed by atoms with Gasteiger partial charge in [-0.25, -0.2) is 4.98 Å². The third-order valence-electron chi connectivity index (χ3n) is 6.74. The lowest BCUT2D eigenvalue weighted by atomic mass is 9.92. The van der Waals surface area contributed by atoms with Gasteiger partial charge in [0, 0.05) is 51.1 Å². The van der Waals surface area contributed by atoms with Crippen LogP contribution in [0.15, 0.2) is 48.8 Å². The van der Waals surface area contributed by atoms with E-state index in [1.165, 1.54) is 0 Å². The normalized spacial score (nSPS) is 15.5. The van der Waals surface area contributed by atoms with Crippen LogP contribution in [-0.4, -0.2) is 58.6 Å². The molecule has 1 fully saturated rings. The third-order valence-corrected chi connectivity index (χ3v) is 7.48. The fraction of sp³-hybridized carbons (Fsp3) is 0.464. The van der Waals surface area contributed by atoms with Gasteiger partial charge >= 0.3 is 0 Å². The number of ether oxygens (including phenoxy) is 3. The molecule has 37 heavy (non-hydrogen) atoms. The van der Waals surface area contributed by atoms with Crippen molar-refractivity contribution in [3.8, 4) is 17.2 Å². The van der Waals surface area contributed by atoms with Gasteiger partial charge in [0.15, 0.2) is 11.5 Å². The van der Waals surface area contributed by atoms with Crippen molar-refractivity contribution in [2.75, 3.05) is 33.4 Å². The monoisotopic (exact) mass is 547 g/mol. The number of piperidine rings is 1. The number of methoxy groups -OCH3 is 1. The van der Waals surface area contributed by atoms with Gasteiger partial charge in [-0.1, -0.05) is 36.2 Å². The molecule has 0 spiro atoms. The molecule has 4 rings (SSSR count). The number of aromatic nitrogens is 2. The van der Waals surface area contributed by atoms with Gasteiger partial charge < -0.3 is 23.9 Å². The predicted molar refractivity (Wildman–Crippen MR) is 146 cm³/mol. The van der Waals surface area contributed by atoms with Gasteiger partial charge in [0.05, 0.1) is 23.8 Å². The molecule has 1 N–H and O–H groups in total. The maximum atomic E-state index is 11.0. The van der Waals surface area contributed by atoms with Gasteiger partial charge in [-0.2, -0.15) is 0 Å². The molecular weight excluding hydrogens is 513 g/mol. The summed E-state index contributed by atoms with van der Waals surface area (Å²) in [6.45, 7) is 6.14. The quantitative estimate of drug-likeness (QED) is 0.296. The Balaban J connectivity index is 1.23. The van der Waals surface area contributed by atoms with Crippen molar-refractivity contribution in [1.29, 1.82) is 0 Å². The number of imidazole rings is 1. The molecule has 0 amide bonds. The first-order chi connectivity index (χ1) is 17.9. The van der Waals surface area contributed by atoms with Gasteiger partial charge in [-0.3, -0.25) is 4.90 Å². The van der Waals surface area contributed by atoms with Crippen molar-refractivity contribution in [2.45, 2.75) is 51.3 Å². The topological polar surface area (TPSA) is 69.0 Å². The van der Waals surface area contributed by atoms with Crippen molar-refractivity contribution in [3.05, 3.63) is 70.2 Å². The Hall–Kier alpha value is -2.45. The lowest BCUT2D eigenvalue weighted by Gasteiger charge is -2.38. The number of aryl methyl sites for hydroxylation is 2. The van der Waals surface area contributed by atoms with Crippen LogP contribution in [0.5, 0.6) is 17.2 Å². The molecule has 2 heterocycles. The molecule has 0 atom stereocenters. The molecule has 0 saturated carbocycles. The number of likely N-dealkylation sites (tertiary alicyclic amines) is 1. The molecule has 7 nitrogen and oxygen atoms in total. The maximum absolute atomic E-state index is 11.0. The van der Waals surface area contributed by atoms with E-state index in [0.717, 1.165) is 61.9 Å². The van der Waals surface area contributed by atoms with Crippen LogP contribution in [0.25, 0.3) is 0 Å². The number of hydrogen-bond acceptors (Lipinski definition) is 6. The Morgan fingerprint density at radius 1 is 1.03 bits per heavy atom. The van der Waals surface area contributed by atoms with Gasteiger partial charge in [0.1, 0.15) is 23.8 Å². The highest BCUT2D eigenvalue weighted by molar-refractivity contribution is 6.42. The van der Waals surface area contributed by atoms with E-state index < -0.39 is 5.60 Å². The molecular formula is C28H35Cl2N3O4. The third kappa shape index (κ3) is 7.54. The first-order valence-corrected chi connectivity index (χ1v) is 13.5. The first kappa shape index (κ1) is 27.6. The summed E-state index contributed by atoms with van der Waals surface area (Å²) < 4.78 is 19.6. The fourth-order valence-corrected chi connectivity index (χ4v) is 4.81. The maximum Gasteiger partial charge on any atom is 0.161 e. The summed E-state index contributed by atoms with van der Waals surface area (Å²) in [5.74, 6) is 3.18. The predicted octanol–water partition coefficient (Wildman–Crippen LogP) is 5.64. The Bertz CT molecular complexity index is 1160. The van der Waals surface area contributed by atoms with Crippen molar-refractivity contribution in [3.63, 3.8) is 0 Å². The Labute approximate surface area is 228 Å². The average molecular weight is 549 g/mol. The lowest BCUT2D eigenvalue weighted by Crippen LogP contribution is -2.47. The van der Waals surface area contributed by atoms with Crippen molar-refractivity contribution in [2.24, 2.45) is 0 Å². The zero-order valence-corrected chi connectivity index (χ0v) is 23.0. The van der Waals surface area contributed by atoms with Gasteiger partial charge in [-0.05, 0) is 49.1 Å². The first-order valence-electron chi connectivity index (χ1n) is 12.7. The van der Waals surface area contributed by atoms with E-state index in [1.807, 2.05) is 24.5 Å². The van der Waals surface area contributed by atoms with Crippen molar-refractivity contribution in [1.82, 2.24) is 14.5 Å². The minimum absolute atomic E-state index is 0.221. The summed E-state index contributed by atoms with van der Waals surface area (Å²) in [4.78, 5) is 6.69. The minimum Gasteiger partial charge on any atom is -0.493 e. The molecule has 9 heteroatoms. The van der Waals surface area contributed by atoms with Gasteiger partial charge in [0.2, 0.25) is 0 Å². The SMILES string of the molecule is CCc1nccn1CCCOc1ccc(CN2CCC(O)(COc3ccc(Cl)c(Cl)c3)CC2)cc1OC. The number of rotatable bonds is 12. The lowest BCUT2D eigenvalue weighted by molar-refractivity contribution is -0.0537. The van der Waals surface area contributed by atoms with Crippen LogP contribution in [0.4, 0.5) is 0 Å². The number of nitrogens with zero attached hydrogens (tertiary/aromatic N) is 3.